The van der Waals surface area contributed by atoms with Gasteiger partial charge in [-0.1, -0.05) is 36.8 Å². The van der Waals surface area contributed by atoms with E-state index in [1.807, 2.05) is 0 Å². The first kappa shape index (κ1) is 77.1. The van der Waals surface area contributed by atoms with Crippen LogP contribution in [0.2, 0.25) is 0 Å². The van der Waals surface area contributed by atoms with Gasteiger partial charge in [-0.05, 0) is 57.4 Å². The molecule has 8 unspecified atom stereocenters. The summed E-state index contributed by atoms with van der Waals surface area (Å²) in [5.41, 5.74) is 0.771. The zero-order chi connectivity index (χ0) is 68.6. The Morgan fingerprint density at radius 2 is 1.09 bits per heavy atom. The fourth-order valence-electron chi connectivity index (χ4n) is 10.9. The number of nitrogens with zero attached hydrogens (tertiary/aromatic N) is 1. The molecule has 5 aliphatic heterocycles. The molecule has 6 rings (SSSR count). The summed E-state index contributed by atoms with van der Waals surface area (Å²) in [5.74, 6) is -0.734. The lowest BCUT2D eigenvalue weighted by molar-refractivity contribution is -0.346. The molecule has 1 aromatic carbocycles. The van der Waals surface area contributed by atoms with Gasteiger partial charge in [0.15, 0.2) is 43.2 Å². The van der Waals surface area contributed by atoms with Crippen molar-refractivity contribution in [1.82, 2.24) is 20.9 Å². The molecule has 4 fully saturated rings. The van der Waals surface area contributed by atoms with E-state index < -0.39 is 190 Å². The number of aliphatic hydroxyl groups is 10. The van der Waals surface area contributed by atoms with Crippen LogP contribution in [0.1, 0.15) is 76.7 Å². The quantitative estimate of drug-likeness (QED) is 0.0100. The summed E-state index contributed by atoms with van der Waals surface area (Å²) in [6.07, 6.45) is -27.3. The van der Waals surface area contributed by atoms with Crippen molar-refractivity contribution in [1.29, 1.82) is 0 Å². The molecule has 33 heteroatoms. The molecule has 22 atom stereocenters. The molecular formula is C61H90N4O29. The number of Topliss-reactive ketones (excluding diaryl/α,β-unsaturated/α-hetero) is 1. The average molecular weight is 1340 g/mol. The lowest BCUT2D eigenvalue weighted by atomic mass is 9.91. The summed E-state index contributed by atoms with van der Waals surface area (Å²) >= 11 is 0. The van der Waals surface area contributed by atoms with Gasteiger partial charge in [0.25, 0.3) is 11.8 Å². The van der Waals surface area contributed by atoms with Gasteiger partial charge in [-0.3, -0.25) is 28.9 Å². The molecule has 0 aliphatic carbocycles. The van der Waals surface area contributed by atoms with Crippen LogP contribution in [-0.2, 0) is 87.2 Å². The first-order valence-electron chi connectivity index (χ1n) is 31.2. The maximum Gasteiger partial charge on any atom is 0.407 e. The third kappa shape index (κ3) is 22.0. The van der Waals surface area contributed by atoms with Gasteiger partial charge >= 0.3 is 18.2 Å². The zero-order valence-electron chi connectivity index (χ0n) is 52.4. The van der Waals surface area contributed by atoms with Gasteiger partial charge in [0.2, 0.25) is 5.91 Å². The molecular weight excluding hydrogens is 1250 g/mol. The number of hydrogen-bond acceptors (Lipinski definition) is 29. The summed E-state index contributed by atoms with van der Waals surface area (Å²) in [6.45, 7) is -0.761. The van der Waals surface area contributed by atoms with Gasteiger partial charge in [0.05, 0.1) is 45.0 Å². The summed E-state index contributed by atoms with van der Waals surface area (Å²) < 4.78 is 66.7. The Balaban J connectivity index is 1.06. The molecule has 0 radical (unpaired) electrons. The number of nitrogens with one attached hydrogen (secondary N) is 3. The van der Waals surface area contributed by atoms with Crippen molar-refractivity contribution >= 4 is 41.7 Å². The third-order valence-electron chi connectivity index (χ3n) is 16.2. The molecule has 0 aromatic heterocycles. The van der Waals surface area contributed by atoms with Gasteiger partial charge < -0.3 is 124 Å². The first-order chi connectivity index (χ1) is 45.0. The highest BCUT2D eigenvalue weighted by atomic mass is 16.8. The number of rotatable bonds is 36. The highest BCUT2D eigenvalue weighted by Crippen LogP contribution is 2.31. The number of carbonyl (C=O) groups is 7. The van der Waals surface area contributed by atoms with Crippen molar-refractivity contribution in [3.05, 3.63) is 48.0 Å². The zero-order valence-corrected chi connectivity index (χ0v) is 52.4. The molecule has 5 aliphatic rings. The fraction of sp³-hybridized carbons (Fsp3) is 0.721. The van der Waals surface area contributed by atoms with E-state index in [2.05, 4.69) is 21.9 Å². The second-order valence-electron chi connectivity index (χ2n) is 23.1. The third-order valence-corrected chi connectivity index (χ3v) is 16.2. The van der Waals surface area contributed by atoms with Crippen LogP contribution in [0.25, 0.3) is 0 Å². The van der Waals surface area contributed by atoms with E-state index in [-0.39, 0.29) is 77.3 Å². The molecule has 33 nitrogen and oxygen atoms in total. The second kappa shape index (κ2) is 38.7. The number of terminal acetylenes is 1. The lowest BCUT2D eigenvalue weighted by Gasteiger charge is -2.45. The Morgan fingerprint density at radius 3 is 1.60 bits per heavy atom. The summed E-state index contributed by atoms with van der Waals surface area (Å²) in [6, 6.07) is 8.02. The number of ketones is 1. The predicted octanol–water partition coefficient (Wildman–Crippen LogP) is -4.04. The van der Waals surface area contributed by atoms with Gasteiger partial charge in [0.1, 0.15) is 85.5 Å². The van der Waals surface area contributed by atoms with E-state index in [9.17, 15) is 84.6 Å². The molecule has 528 valence electrons. The van der Waals surface area contributed by atoms with Crippen molar-refractivity contribution in [3.8, 4) is 12.3 Å². The predicted molar refractivity (Wildman–Crippen MR) is 316 cm³/mol. The van der Waals surface area contributed by atoms with Crippen LogP contribution >= 0.6 is 0 Å². The number of aliphatic hydroxyl groups excluding tert-OH is 10. The Hall–Kier alpha value is -5.95. The van der Waals surface area contributed by atoms with Gasteiger partial charge in [-0.25, -0.2) is 9.59 Å². The summed E-state index contributed by atoms with van der Waals surface area (Å²) in [5, 5.41) is 118. The smallest absolute Gasteiger partial charge is 0.407 e. The van der Waals surface area contributed by atoms with E-state index >= 15 is 0 Å². The number of unbranched alkanes of at least 4 members (excludes halogenated alkanes) is 4. The van der Waals surface area contributed by atoms with E-state index in [1.54, 1.807) is 37.3 Å². The van der Waals surface area contributed by atoms with Crippen molar-refractivity contribution in [3.63, 3.8) is 0 Å². The van der Waals surface area contributed by atoms with E-state index in [0.717, 1.165) is 17.6 Å². The number of methoxy groups -OCH3 is 2. The average Bonchev–Trinajstić information content (AvgIpc) is 0.975. The number of amides is 5. The number of hydrogen-bond donors (Lipinski definition) is 13. The minimum Gasteiger partial charge on any atom is -0.466 e. The minimum absolute atomic E-state index is 0.0224. The van der Waals surface area contributed by atoms with Crippen molar-refractivity contribution in [2.75, 3.05) is 66.9 Å². The Bertz CT molecular complexity index is 2620. The highest BCUT2D eigenvalue weighted by molar-refractivity contribution is 6.12. The second-order valence-corrected chi connectivity index (χ2v) is 23.1. The van der Waals surface area contributed by atoms with Gasteiger partial charge in [0, 0.05) is 65.3 Å². The molecule has 4 saturated heterocycles. The molecule has 0 saturated carbocycles. The highest BCUT2D eigenvalue weighted by Gasteiger charge is 2.53. The number of ether oxygens (including phenoxy) is 12. The van der Waals surface area contributed by atoms with Gasteiger partial charge in [-0.15, -0.1) is 12.3 Å². The van der Waals surface area contributed by atoms with Crippen LogP contribution in [0.15, 0.2) is 42.5 Å². The molecule has 94 heavy (non-hydrogen) atoms. The van der Waals surface area contributed by atoms with Crippen molar-refractivity contribution < 1.29 is 141 Å². The lowest BCUT2D eigenvalue weighted by Crippen LogP contribution is -2.64. The first-order valence-corrected chi connectivity index (χ1v) is 31.2. The Morgan fingerprint density at radius 1 is 0.596 bits per heavy atom. The maximum atomic E-state index is 13.9. The maximum absolute atomic E-state index is 13.9. The standard InChI is InChI=1S/C61H90N4O29/c1-5-7-10-20-40(67)64-34(26-32-17-11-8-12-18-32)35(66)27-33(55(80)85-6-2)19-13-15-24-63-61(82)94-54-46(73)39(31-87-57-49(76)47(74)43(70)36(90-57)28-83-3)92-59(52(54)79)88-29-37-44(71)48(75)50(77)58(91-37)86-30-38-45(72)53(51(78)56(84-4)89-38)93-60(81)62-23-14-9-16-25-65-41(68)21-22-42(65)69/h1,8,11-12,17-18,21-22,33-34,36-39,43-54,56-59,70-79H,6-7,9-10,13-16,19-20,23-31H2,2-4H3,(H,62,81)(H,63,82)(H,64,67)/t33-,34-,36?,37?,38?,39?,43-,44-,45-,46-,47+,48+,49?,50?,51?,52?,53+,54+,56+,57-,58-,59+/m1/s1. The van der Waals surface area contributed by atoms with Crippen LogP contribution in [0, 0.1) is 18.3 Å². The van der Waals surface area contributed by atoms with Crippen molar-refractivity contribution in [2.24, 2.45) is 5.92 Å². The van der Waals surface area contributed by atoms with Crippen LogP contribution in [0.3, 0.4) is 0 Å². The van der Waals surface area contributed by atoms with E-state index in [0.29, 0.717) is 32.1 Å². The van der Waals surface area contributed by atoms with Gasteiger partial charge in [-0.2, -0.15) is 0 Å². The molecule has 5 heterocycles. The number of carbonyl (C=O) groups excluding carboxylic acids is 7. The monoisotopic (exact) mass is 1340 g/mol. The SMILES string of the molecule is C#CCCCC(=O)N[C@H](Cc1ccccc1)C(=O)C[C@@H](CCCCNC(=O)O[C@@H]1C(O)[C@@H](OCC2O[C@@H](OCC3O[C@H](OC)C(O)[C@@H](OC(=O)NCCCCCN4C(=O)C=CC4=O)[C@@H]3O)C(O)[C@@H](O)[C@@H]2O)OC(CO[C@@H]2OC(COC)[C@@H](O)[C@H](O)C2O)[C@H]1O)C(=O)OCC. The normalized spacial score (nSPS) is 32.4. The minimum atomic E-state index is -2.07. The van der Waals surface area contributed by atoms with Crippen LogP contribution in [0.5, 0.6) is 0 Å². The van der Waals surface area contributed by atoms with E-state index in [4.69, 9.17) is 63.3 Å². The Kier molecular flexibility index (Phi) is 31.7. The molecule has 13 N–H and O–H groups in total. The number of esters is 1. The molecule has 1 aromatic rings. The molecule has 0 spiro atoms. The van der Waals surface area contributed by atoms with Crippen LogP contribution in [0.4, 0.5) is 9.59 Å². The number of imide groups is 1. The topological polar surface area (TPSA) is 472 Å². The number of alkyl carbamates (subject to hydrolysis) is 2. The summed E-state index contributed by atoms with van der Waals surface area (Å²) in [7, 11) is 2.44. The summed E-state index contributed by atoms with van der Waals surface area (Å²) in [4.78, 5) is 90.9. The van der Waals surface area contributed by atoms with Crippen LogP contribution < -0.4 is 16.0 Å². The van der Waals surface area contributed by atoms with Crippen LogP contribution in [-0.4, -0.2) is 293 Å². The number of benzene rings is 1. The molecule has 5 amide bonds. The van der Waals surface area contributed by atoms with Crippen molar-refractivity contribution in [2.45, 2.75) is 206 Å². The fourth-order valence-corrected chi connectivity index (χ4v) is 10.9. The largest absolute Gasteiger partial charge is 0.466 e. The molecule has 0 bridgehead atoms. The Labute approximate surface area is 542 Å². The van der Waals surface area contributed by atoms with E-state index in [1.165, 1.54) is 19.3 Å².